The molecule has 0 heterocycles. The summed E-state index contributed by atoms with van der Waals surface area (Å²) in [5.41, 5.74) is 1.92. The lowest BCUT2D eigenvalue weighted by molar-refractivity contribution is -0.140. The number of aryl methyl sites for hydroxylation is 1. The van der Waals surface area contributed by atoms with E-state index in [1.807, 2.05) is 19.9 Å². The Morgan fingerprint density at radius 3 is 2.47 bits per heavy atom. The fourth-order valence-electron chi connectivity index (χ4n) is 2.32. The summed E-state index contributed by atoms with van der Waals surface area (Å²) in [6, 6.07) is 1.82. The fraction of sp³-hybridized carbons (Fsp3) is 0.462. The Kier molecular flexibility index (Phi) is 2.82. The molecule has 1 aliphatic carbocycles. The van der Waals surface area contributed by atoms with Crippen molar-refractivity contribution in [2.45, 2.75) is 32.1 Å². The summed E-state index contributed by atoms with van der Waals surface area (Å²) in [5, 5.41) is 9.87. The highest BCUT2D eigenvalue weighted by Crippen LogP contribution is 2.54. The summed E-state index contributed by atoms with van der Waals surface area (Å²) in [4.78, 5) is 11.4. The molecule has 0 saturated heterocycles. The smallest absolute Gasteiger partial charge is 0.314 e. The molecule has 17 heavy (non-hydrogen) atoms. The molecule has 0 amide bonds. The maximum absolute atomic E-state index is 11.4. The van der Waals surface area contributed by atoms with E-state index in [0.29, 0.717) is 23.6 Å². The molecule has 0 aromatic heterocycles. The van der Waals surface area contributed by atoms with Gasteiger partial charge in [0.15, 0.2) is 0 Å². The minimum absolute atomic E-state index is 0.484. The van der Waals surface area contributed by atoms with Crippen molar-refractivity contribution in [3.63, 3.8) is 0 Å². The SMILES string of the molecule is COc1c(Cl)cc(C)c(C)c1C1(C(=O)O)CC1. The summed E-state index contributed by atoms with van der Waals surface area (Å²) in [6.07, 6.45) is 1.30. The third kappa shape index (κ3) is 1.69. The molecule has 3 nitrogen and oxygen atoms in total. The number of halogens is 1. The van der Waals surface area contributed by atoms with Gasteiger partial charge in [-0.2, -0.15) is 0 Å². The summed E-state index contributed by atoms with van der Waals surface area (Å²) >= 11 is 6.13. The quantitative estimate of drug-likeness (QED) is 0.902. The summed E-state index contributed by atoms with van der Waals surface area (Å²) in [5.74, 6) is -0.282. The molecule has 0 spiro atoms. The monoisotopic (exact) mass is 254 g/mol. The van der Waals surface area contributed by atoms with Crippen molar-refractivity contribution in [2.75, 3.05) is 7.11 Å². The zero-order valence-electron chi connectivity index (χ0n) is 10.1. The molecule has 1 N–H and O–H groups in total. The first-order valence-electron chi connectivity index (χ1n) is 5.51. The van der Waals surface area contributed by atoms with Crippen LogP contribution in [-0.2, 0) is 10.2 Å². The topological polar surface area (TPSA) is 46.5 Å². The molecule has 0 radical (unpaired) electrons. The van der Waals surface area contributed by atoms with Crippen LogP contribution < -0.4 is 4.74 Å². The predicted octanol–water partition coefficient (Wildman–Crippen LogP) is 3.08. The molecule has 2 rings (SSSR count). The number of hydrogen-bond acceptors (Lipinski definition) is 2. The second kappa shape index (κ2) is 3.91. The van der Waals surface area contributed by atoms with Gasteiger partial charge in [0.1, 0.15) is 5.75 Å². The first kappa shape index (κ1) is 12.2. The van der Waals surface area contributed by atoms with Crippen molar-refractivity contribution < 1.29 is 14.6 Å². The molecule has 1 fully saturated rings. The van der Waals surface area contributed by atoms with Crippen molar-refractivity contribution in [1.29, 1.82) is 0 Å². The maximum Gasteiger partial charge on any atom is 0.314 e. The number of ether oxygens (including phenoxy) is 1. The Labute approximate surface area is 105 Å². The van der Waals surface area contributed by atoms with Crippen LogP contribution in [0.2, 0.25) is 5.02 Å². The molecule has 4 heteroatoms. The normalized spacial score (nSPS) is 16.7. The van der Waals surface area contributed by atoms with Gasteiger partial charge in [-0.3, -0.25) is 4.79 Å². The number of methoxy groups -OCH3 is 1. The van der Waals surface area contributed by atoms with Crippen molar-refractivity contribution in [1.82, 2.24) is 0 Å². The maximum atomic E-state index is 11.4. The van der Waals surface area contributed by atoms with E-state index in [0.717, 1.165) is 16.7 Å². The number of carboxylic acid groups (broad SMARTS) is 1. The lowest BCUT2D eigenvalue weighted by Gasteiger charge is -2.20. The third-order valence-electron chi connectivity index (χ3n) is 3.60. The number of carbonyl (C=O) groups is 1. The number of carboxylic acids is 1. The standard InChI is InChI=1S/C13H15ClO3/c1-7-6-9(14)11(17-3)10(8(7)2)13(4-5-13)12(15)16/h6H,4-5H2,1-3H3,(H,15,16). The van der Waals surface area contributed by atoms with Gasteiger partial charge in [-0.25, -0.2) is 0 Å². The Morgan fingerprint density at radius 2 is 2.06 bits per heavy atom. The van der Waals surface area contributed by atoms with Gasteiger partial charge in [0, 0.05) is 5.56 Å². The molecule has 0 unspecified atom stereocenters. The molecular formula is C13H15ClO3. The van der Waals surface area contributed by atoms with Crippen LogP contribution in [0.25, 0.3) is 0 Å². The Balaban J connectivity index is 2.71. The van der Waals surface area contributed by atoms with Gasteiger partial charge >= 0.3 is 5.97 Å². The number of rotatable bonds is 3. The van der Waals surface area contributed by atoms with Gasteiger partial charge in [-0.15, -0.1) is 0 Å². The van der Waals surface area contributed by atoms with Gasteiger partial charge in [0.25, 0.3) is 0 Å². The summed E-state index contributed by atoms with van der Waals surface area (Å²) in [7, 11) is 1.53. The van der Waals surface area contributed by atoms with Crippen LogP contribution in [0.4, 0.5) is 0 Å². The average Bonchev–Trinajstić information content (AvgIpc) is 3.04. The molecule has 1 aromatic carbocycles. The first-order valence-corrected chi connectivity index (χ1v) is 5.89. The van der Waals surface area contributed by atoms with Crippen LogP contribution in [0.5, 0.6) is 5.75 Å². The predicted molar refractivity (Wildman–Crippen MR) is 66.0 cm³/mol. The van der Waals surface area contributed by atoms with Crippen LogP contribution in [0.1, 0.15) is 29.5 Å². The molecule has 1 saturated carbocycles. The van der Waals surface area contributed by atoms with E-state index in [4.69, 9.17) is 16.3 Å². The largest absolute Gasteiger partial charge is 0.495 e. The lowest BCUT2D eigenvalue weighted by Crippen LogP contribution is -2.22. The molecule has 92 valence electrons. The van der Waals surface area contributed by atoms with Crippen LogP contribution >= 0.6 is 11.6 Å². The zero-order chi connectivity index (χ0) is 12.8. The molecule has 0 atom stereocenters. The molecule has 1 aromatic rings. The second-order valence-corrected chi connectivity index (χ2v) is 5.00. The highest BCUT2D eigenvalue weighted by molar-refractivity contribution is 6.32. The molecule has 1 aliphatic rings. The van der Waals surface area contributed by atoms with Crippen molar-refractivity contribution in [3.05, 3.63) is 27.8 Å². The van der Waals surface area contributed by atoms with Gasteiger partial charge in [0.05, 0.1) is 17.5 Å². The van der Waals surface area contributed by atoms with E-state index in [2.05, 4.69) is 0 Å². The minimum Gasteiger partial charge on any atom is -0.495 e. The summed E-state index contributed by atoms with van der Waals surface area (Å²) in [6.45, 7) is 3.86. The third-order valence-corrected chi connectivity index (χ3v) is 3.88. The van der Waals surface area contributed by atoms with E-state index < -0.39 is 11.4 Å². The van der Waals surface area contributed by atoms with E-state index in [1.165, 1.54) is 7.11 Å². The van der Waals surface area contributed by atoms with Crippen LogP contribution in [-0.4, -0.2) is 18.2 Å². The highest BCUT2D eigenvalue weighted by atomic mass is 35.5. The Hall–Kier alpha value is -1.22. The minimum atomic E-state index is -0.791. The summed E-state index contributed by atoms with van der Waals surface area (Å²) < 4.78 is 5.29. The van der Waals surface area contributed by atoms with Gasteiger partial charge in [-0.05, 0) is 43.9 Å². The number of hydrogen-bond donors (Lipinski definition) is 1. The van der Waals surface area contributed by atoms with Gasteiger partial charge in [-0.1, -0.05) is 11.6 Å². The number of aliphatic carboxylic acids is 1. The van der Waals surface area contributed by atoms with E-state index in [-0.39, 0.29) is 0 Å². The second-order valence-electron chi connectivity index (χ2n) is 4.60. The van der Waals surface area contributed by atoms with Crippen molar-refractivity contribution >= 4 is 17.6 Å². The zero-order valence-corrected chi connectivity index (χ0v) is 10.9. The van der Waals surface area contributed by atoms with E-state index in [1.54, 1.807) is 0 Å². The average molecular weight is 255 g/mol. The molecule has 0 bridgehead atoms. The Morgan fingerprint density at radius 1 is 1.47 bits per heavy atom. The first-order chi connectivity index (χ1) is 7.94. The van der Waals surface area contributed by atoms with E-state index >= 15 is 0 Å². The van der Waals surface area contributed by atoms with Gasteiger partial charge in [0.2, 0.25) is 0 Å². The highest BCUT2D eigenvalue weighted by Gasteiger charge is 2.54. The van der Waals surface area contributed by atoms with Crippen molar-refractivity contribution in [3.8, 4) is 5.75 Å². The van der Waals surface area contributed by atoms with E-state index in [9.17, 15) is 9.90 Å². The Bertz CT molecular complexity index is 490. The van der Waals surface area contributed by atoms with Crippen LogP contribution in [0.3, 0.4) is 0 Å². The number of benzene rings is 1. The fourth-order valence-corrected chi connectivity index (χ4v) is 2.66. The van der Waals surface area contributed by atoms with Crippen molar-refractivity contribution in [2.24, 2.45) is 0 Å². The van der Waals surface area contributed by atoms with Gasteiger partial charge < -0.3 is 9.84 Å². The van der Waals surface area contributed by atoms with Crippen LogP contribution in [0, 0.1) is 13.8 Å². The molecule has 0 aliphatic heterocycles. The lowest BCUT2D eigenvalue weighted by atomic mass is 9.88. The van der Waals surface area contributed by atoms with Crippen LogP contribution in [0.15, 0.2) is 6.07 Å². The molecular weight excluding hydrogens is 240 g/mol.